The highest BCUT2D eigenvalue weighted by Crippen LogP contribution is 2.23. The Morgan fingerprint density at radius 3 is 2.55 bits per heavy atom. The van der Waals surface area contributed by atoms with Crippen molar-refractivity contribution in [3.05, 3.63) is 41.0 Å². The molecule has 0 fully saturated rings. The molecule has 0 aliphatic heterocycles. The Morgan fingerprint density at radius 1 is 1.25 bits per heavy atom. The molecule has 20 heavy (non-hydrogen) atoms. The van der Waals surface area contributed by atoms with Gasteiger partial charge in [0, 0.05) is 12.1 Å². The van der Waals surface area contributed by atoms with Crippen LogP contribution in [-0.2, 0) is 0 Å². The molecular weight excluding hydrogens is 294 g/mol. The van der Waals surface area contributed by atoms with Crippen molar-refractivity contribution in [1.29, 1.82) is 0 Å². The molecule has 0 saturated heterocycles. The molecule has 1 N–H and O–H groups in total. The standard InChI is InChI=1S/C14H16ClN3OS/c1-9(10-4-6-11(19-2)7-5-10)16-13-8-12(15)17-14(18-13)20-3/h4-9H,1-3H3,(H,16,17,18). The number of aromatic nitrogens is 2. The van der Waals surface area contributed by atoms with Crippen molar-refractivity contribution >= 4 is 29.2 Å². The fourth-order valence-electron chi connectivity index (χ4n) is 1.76. The number of thioether (sulfide) groups is 1. The van der Waals surface area contributed by atoms with Gasteiger partial charge in [-0.15, -0.1) is 0 Å². The number of rotatable bonds is 5. The first-order valence-electron chi connectivity index (χ1n) is 6.11. The summed E-state index contributed by atoms with van der Waals surface area (Å²) in [5.41, 5.74) is 1.14. The molecule has 0 bridgehead atoms. The molecule has 2 rings (SSSR count). The summed E-state index contributed by atoms with van der Waals surface area (Å²) < 4.78 is 5.15. The number of halogens is 1. The first-order chi connectivity index (χ1) is 9.62. The summed E-state index contributed by atoms with van der Waals surface area (Å²) in [5, 5.41) is 4.41. The van der Waals surface area contributed by atoms with E-state index in [1.165, 1.54) is 11.8 Å². The van der Waals surface area contributed by atoms with Crippen molar-refractivity contribution in [3.8, 4) is 5.75 Å². The minimum absolute atomic E-state index is 0.113. The number of ether oxygens (including phenoxy) is 1. The third-order valence-corrected chi connectivity index (χ3v) is 3.58. The van der Waals surface area contributed by atoms with Gasteiger partial charge in [0.1, 0.15) is 16.7 Å². The van der Waals surface area contributed by atoms with Crippen LogP contribution in [0.1, 0.15) is 18.5 Å². The molecule has 2 aromatic rings. The lowest BCUT2D eigenvalue weighted by atomic mass is 10.1. The molecule has 1 heterocycles. The third-order valence-electron chi connectivity index (χ3n) is 2.84. The minimum Gasteiger partial charge on any atom is -0.497 e. The summed E-state index contributed by atoms with van der Waals surface area (Å²) >= 11 is 7.44. The summed E-state index contributed by atoms with van der Waals surface area (Å²) in [5.74, 6) is 1.56. The number of methoxy groups -OCH3 is 1. The molecule has 1 aromatic carbocycles. The quantitative estimate of drug-likeness (QED) is 0.513. The van der Waals surface area contributed by atoms with E-state index in [9.17, 15) is 0 Å². The van der Waals surface area contributed by atoms with Gasteiger partial charge in [0.05, 0.1) is 7.11 Å². The van der Waals surface area contributed by atoms with Crippen LogP contribution >= 0.6 is 23.4 Å². The van der Waals surface area contributed by atoms with Crippen molar-refractivity contribution in [1.82, 2.24) is 9.97 Å². The predicted octanol–water partition coefficient (Wildman–Crippen LogP) is 4.03. The topological polar surface area (TPSA) is 47.0 Å². The van der Waals surface area contributed by atoms with E-state index in [2.05, 4.69) is 22.2 Å². The van der Waals surface area contributed by atoms with Crippen molar-refractivity contribution in [2.45, 2.75) is 18.1 Å². The largest absolute Gasteiger partial charge is 0.497 e. The van der Waals surface area contributed by atoms with E-state index in [1.54, 1.807) is 13.2 Å². The second kappa shape index (κ2) is 6.81. The van der Waals surface area contributed by atoms with Crippen LogP contribution in [0.2, 0.25) is 5.15 Å². The highest BCUT2D eigenvalue weighted by Gasteiger charge is 2.08. The molecule has 0 aliphatic rings. The maximum absolute atomic E-state index is 5.98. The van der Waals surface area contributed by atoms with Crippen LogP contribution in [0.4, 0.5) is 5.82 Å². The number of hydrogen-bond acceptors (Lipinski definition) is 5. The lowest BCUT2D eigenvalue weighted by molar-refractivity contribution is 0.414. The van der Waals surface area contributed by atoms with E-state index in [1.807, 2.05) is 30.5 Å². The molecule has 1 unspecified atom stereocenters. The average molecular weight is 310 g/mol. The van der Waals surface area contributed by atoms with Gasteiger partial charge in [0.25, 0.3) is 0 Å². The van der Waals surface area contributed by atoms with Crippen LogP contribution in [0.3, 0.4) is 0 Å². The summed E-state index contributed by atoms with van der Waals surface area (Å²) in [7, 11) is 1.66. The highest BCUT2D eigenvalue weighted by atomic mass is 35.5. The highest BCUT2D eigenvalue weighted by molar-refractivity contribution is 7.98. The molecule has 0 saturated carbocycles. The van der Waals surface area contributed by atoms with Crippen molar-refractivity contribution in [3.63, 3.8) is 0 Å². The van der Waals surface area contributed by atoms with Gasteiger partial charge < -0.3 is 10.1 Å². The Hall–Kier alpha value is -1.46. The van der Waals surface area contributed by atoms with Gasteiger partial charge in [-0.05, 0) is 30.9 Å². The van der Waals surface area contributed by atoms with Crippen LogP contribution in [0.5, 0.6) is 5.75 Å². The zero-order valence-electron chi connectivity index (χ0n) is 11.6. The predicted molar refractivity (Wildman–Crippen MR) is 83.9 cm³/mol. The first kappa shape index (κ1) is 14.9. The summed E-state index contributed by atoms with van der Waals surface area (Å²) in [6, 6.07) is 9.76. The van der Waals surface area contributed by atoms with Gasteiger partial charge in [-0.25, -0.2) is 9.97 Å². The van der Waals surface area contributed by atoms with E-state index in [4.69, 9.17) is 16.3 Å². The van der Waals surface area contributed by atoms with Crippen LogP contribution in [0.15, 0.2) is 35.5 Å². The van der Waals surface area contributed by atoms with Gasteiger partial charge in [0.15, 0.2) is 5.16 Å². The second-order valence-electron chi connectivity index (χ2n) is 4.20. The Bertz CT molecular complexity index is 577. The van der Waals surface area contributed by atoms with Crippen LogP contribution in [-0.4, -0.2) is 23.3 Å². The Kier molecular flexibility index (Phi) is 5.09. The number of nitrogens with one attached hydrogen (secondary N) is 1. The lowest BCUT2D eigenvalue weighted by Crippen LogP contribution is -2.08. The lowest BCUT2D eigenvalue weighted by Gasteiger charge is -2.15. The number of anilines is 1. The van der Waals surface area contributed by atoms with Gasteiger partial charge in [-0.1, -0.05) is 35.5 Å². The van der Waals surface area contributed by atoms with Crippen LogP contribution < -0.4 is 10.1 Å². The summed E-state index contributed by atoms with van der Waals surface area (Å²) in [4.78, 5) is 8.50. The fourth-order valence-corrected chi connectivity index (χ4v) is 2.37. The van der Waals surface area contributed by atoms with Gasteiger partial charge >= 0.3 is 0 Å². The van der Waals surface area contributed by atoms with E-state index in [-0.39, 0.29) is 6.04 Å². The molecule has 1 aromatic heterocycles. The molecule has 4 nitrogen and oxygen atoms in total. The zero-order chi connectivity index (χ0) is 14.5. The molecule has 6 heteroatoms. The monoisotopic (exact) mass is 309 g/mol. The fraction of sp³-hybridized carbons (Fsp3) is 0.286. The summed E-state index contributed by atoms with van der Waals surface area (Å²) in [6.45, 7) is 2.07. The molecule has 0 aliphatic carbocycles. The zero-order valence-corrected chi connectivity index (χ0v) is 13.1. The average Bonchev–Trinajstić information content (AvgIpc) is 2.46. The van der Waals surface area contributed by atoms with Crippen molar-refractivity contribution in [2.24, 2.45) is 0 Å². The normalized spacial score (nSPS) is 12.0. The number of hydrogen-bond donors (Lipinski definition) is 1. The first-order valence-corrected chi connectivity index (χ1v) is 7.71. The second-order valence-corrected chi connectivity index (χ2v) is 5.36. The van der Waals surface area contributed by atoms with Gasteiger partial charge in [-0.3, -0.25) is 0 Å². The molecule has 0 amide bonds. The molecule has 106 valence electrons. The maximum Gasteiger partial charge on any atom is 0.190 e. The number of nitrogens with zero attached hydrogens (tertiary/aromatic N) is 2. The molecule has 0 radical (unpaired) electrons. The van der Waals surface area contributed by atoms with E-state index < -0.39 is 0 Å². The van der Waals surface area contributed by atoms with Crippen LogP contribution in [0, 0.1) is 0 Å². The Morgan fingerprint density at radius 2 is 1.95 bits per heavy atom. The molecule has 0 spiro atoms. The SMILES string of the molecule is COc1ccc(C(C)Nc2cc(Cl)nc(SC)n2)cc1. The van der Waals surface area contributed by atoms with Gasteiger partial charge in [-0.2, -0.15) is 0 Å². The Labute approximate surface area is 127 Å². The molecular formula is C14H16ClN3OS. The summed E-state index contributed by atoms with van der Waals surface area (Å²) in [6.07, 6.45) is 1.92. The Balaban J connectivity index is 2.13. The van der Waals surface area contributed by atoms with Gasteiger partial charge in [0.2, 0.25) is 0 Å². The number of benzene rings is 1. The van der Waals surface area contributed by atoms with E-state index in [0.29, 0.717) is 10.3 Å². The van der Waals surface area contributed by atoms with Crippen molar-refractivity contribution in [2.75, 3.05) is 18.7 Å². The smallest absolute Gasteiger partial charge is 0.190 e. The minimum atomic E-state index is 0.113. The molecule has 1 atom stereocenters. The van der Waals surface area contributed by atoms with Crippen LogP contribution in [0.25, 0.3) is 0 Å². The maximum atomic E-state index is 5.98. The van der Waals surface area contributed by atoms with Crippen molar-refractivity contribution < 1.29 is 4.74 Å². The van der Waals surface area contributed by atoms with E-state index in [0.717, 1.165) is 17.1 Å². The van der Waals surface area contributed by atoms with E-state index >= 15 is 0 Å². The third kappa shape index (κ3) is 3.77.